The van der Waals surface area contributed by atoms with Crippen molar-refractivity contribution in [2.75, 3.05) is 0 Å². The minimum Gasteiger partial charge on any atom is -0.474 e. The third-order valence-corrected chi connectivity index (χ3v) is 8.85. The Morgan fingerprint density at radius 1 is 0.538 bits per heavy atom. The van der Waals surface area contributed by atoms with Crippen molar-refractivity contribution in [2.24, 2.45) is 15.4 Å². The summed E-state index contributed by atoms with van der Waals surface area (Å²) in [6, 6.07) is 38.6. The van der Waals surface area contributed by atoms with Crippen molar-refractivity contribution in [3.8, 4) is 0 Å². The lowest BCUT2D eigenvalue weighted by Crippen LogP contribution is -2.45. The van der Waals surface area contributed by atoms with E-state index in [1.807, 2.05) is 0 Å². The van der Waals surface area contributed by atoms with Crippen molar-refractivity contribution in [1.82, 2.24) is 0 Å². The average Bonchev–Trinajstić information content (AvgIpc) is 3.73. The highest BCUT2D eigenvalue weighted by Gasteiger charge is 2.54. The van der Waals surface area contributed by atoms with Gasteiger partial charge in [-0.05, 0) is 46.2 Å². The quantitative estimate of drug-likeness (QED) is 0.292. The van der Waals surface area contributed by atoms with Crippen LogP contribution in [-0.2, 0) is 35.2 Å². The number of nitrogens with zero attached hydrogens (tertiary/aromatic N) is 2. The number of hydrogen-bond donors (Lipinski definition) is 0. The summed E-state index contributed by atoms with van der Waals surface area (Å²) in [6.07, 6.45) is 3.22. The first-order valence-corrected chi connectivity index (χ1v) is 14.0. The molecule has 0 fully saturated rings. The van der Waals surface area contributed by atoms with E-state index >= 15 is 0 Å². The van der Waals surface area contributed by atoms with Crippen LogP contribution in [0, 0.1) is 5.41 Å². The Kier molecular flexibility index (Phi) is 5.22. The highest BCUT2D eigenvalue weighted by molar-refractivity contribution is 6.07. The predicted molar refractivity (Wildman–Crippen MR) is 153 cm³/mol. The molecule has 0 bridgehead atoms. The Labute approximate surface area is 229 Å². The summed E-state index contributed by atoms with van der Waals surface area (Å²) in [4.78, 5) is 10.7. The number of aliphatic imine (C=N–C) groups is 2. The van der Waals surface area contributed by atoms with Crippen molar-refractivity contribution in [1.29, 1.82) is 0 Å². The first kappa shape index (κ1) is 22.8. The van der Waals surface area contributed by atoms with Crippen LogP contribution in [0.1, 0.15) is 45.5 Å². The lowest BCUT2D eigenvalue weighted by atomic mass is 9.75. The van der Waals surface area contributed by atoms with E-state index in [-0.39, 0.29) is 24.3 Å². The SMILES string of the molecule is c1ccc(CC(Cc2ccccc2)(C2=N[C@@H]3c4ccccc4C[C@@H]3O2)C2=N[C@@H]3c4ccccc4C[C@@H]3O2)cc1. The summed E-state index contributed by atoms with van der Waals surface area (Å²) >= 11 is 0. The summed E-state index contributed by atoms with van der Waals surface area (Å²) in [6.45, 7) is 0. The minimum absolute atomic E-state index is 0.0179. The van der Waals surface area contributed by atoms with E-state index in [4.69, 9.17) is 19.5 Å². The molecule has 4 heteroatoms. The predicted octanol–water partition coefficient (Wildman–Crippen LogP) is 6.65. The van der Waals surface area contributed by atoms with E-state index in [1.165, 1.54) is 33.4 Å². The first-order valence-electron chi connectivity index (χ1n) is 14.0. The molecule has 2 aliphatic heterocycles. The zero-order valence-corrected chi connectivity index (χ0v) is 21.7. The molecule has 2 aliphatic carbocycles. The van der Waals surface area contributed by atoms with Gasteiger partial charge in [0.25, 0.3) is 0 Å². The van der Waals surface area contributed by atoms with Gasteiger partial charge in [0.1, 0.15) is 29.7 Å². The van der Waals surface area contributed by atoms with Crippen molar-refractivity contribution in [3.63, 3.8) is 0 Å². The highest BCUT2D eigenvalue weighted by atomic mass is 16.5. The van der Waals surface area contributed by atoms with E-state index in [2.05, 4.69) is 109 Å². The van der Waals surface area contributed by atoms with Crippen molar-refractivity contribution < 1.29 is 9.47 Å². The fourth-order valence-corrected chi connectivity index (χ4v) is 7.01. The Morgan fingerprint density at radius 2 is 0.949 bits per heavy atom. The molecule has 0 saturated carbocycles. The van der Waals surface area contributed by atoms with Crippen molar-refractivity contribution in [2.45, 2.75) is 50.0 Å². The smallest absolute Gasteiger partial charge is 0.201 e. The van der Waals surface area contributed by atoms with E-state index in [0.717, 1.165) is 24.6 Å². The molecule has 8 rings (SSSR count). The minimum atomic E-state index is -0.638. The first-order chi connectivity index (χ1) is 19.3. The summed E-state index contributed by atoms with van der Waals surface area (Å²) in [5, 5.41) is 0. The third-order valence-electron chi connectivity index (χ3n) is 8.85. The summed E-state index contributed by atoms with van der Waals surface area (Å²) in [5.41, 5.74) is 7.06. The van der Waals surface area contributed by atoms with Gasteiger partial charge in [0.05, 0.1) is 0 Å². The van der Waals surface area contributed by atoms with Gasteiger partial charge in [0.2, 0.25) is 11.8 Å². The molecule has 0 radical (unpaired) electrons. The van der Waals surface area contributed by atoms with Gasteiger partial charge in [0.15, 0.2) is 0 Å². The van der Waals surface area contributed by atoms with Crippen molar-refractivity contribution >= 4 is 11.8 Å². The maximum Gasteiger partial charge on any atom is 0.201 e. The molecule has 0 spiro atoms. The van der Waals surface area contributed by atoms with Gasteiger partial charge in [-0.25, -0.2) is 9.98 Å². The van der Waals surface area contributed by atoms with Crippen LogP contribution in [0.4, 0.5) is 0 Å². The number of hydrogen-bond acceptors (Lipinski definition) is 4. The molecule has 0 N–H and O–H groups in total. The molecule has 4 aromatic carbocycles. The highest BCUT2D eigenvalue weighted by Crippen LogP contribution is 2.49. The molecule has 4 nitrogen and oxygen atoms in total. The van der Waals surface area contributed by atoms with Gasteiger partial charge in [-0.2, -0.15) is 0 Å². The number of fused-ring (bicyclic) bond motifs is 6. The second-order valence-corrected chi connectivity index (χ2v) is 11.3. The zero-order valence-electron chi connectivity index (χ0n) is 21.7. The molecular weight excluding hydrogens is 480 g/mol. The zero-order chi connectivity index (χ0) is 25.8. The lowest BCUT2D eigenvalue weighted by Gasteiger charge is -2.34. The molecule has 0 amide bonds. The van der Waals surface area contributed by atoms with Crippen LogP contribution >= 0.6 is 0 Å². The number of benzene rings is 4. The second-order valence-electron chi connectivity index (χ2n) is 11.3. The Hall–Kier alpha value is -4.18. The maximum atomic E-state index is 6.87. The Morgan fingerprint density at radius 3 is 1.41 bits per heavy atom. The summed E-state index contributed by atoms with van der Waals surface area (Å²) in [7, 11) is 0. The van der Waals surface area contributed by atoms with Crippen LogP contribution in [0.2, 0.25) is 0 Å². The molecule has 4 atom stereocenters. The van der Waals surface area contributed by atoms with Gasteiger partial charge in [-0.3, -0.25) is 0 Å². The fraction of sp³-hybridized carbons (Fsp3) is 0.257. The van der Waals surface area contributed by atoms with Crippen LogP contribution in [0.3, 0.4) is 0 Å². The van der Waals surface area contributed by atoms with Crippen molar-refractivity contribution in [3.05, 3.63) is 143 Å². The summed E-state index contributed by atoms with van der Waals surface area (Å²) < 4.78 is 13.7. The Balaban J connectivity index is 1.28. The van der Waals surface area contributed by atoms with Gasteiger partial charge in [0, 0.05) is 12.8 Å². The van der Waals surface area contributed by atoms with Crippen LogP contribution in [-0.4, -0.2) is 24.0 Å². The van der Waals surface area contributed by atoms with Gasteiger partial charge >= 0.3 is 0 Å². The lowest BCUT2D eigenvalue weighted by molar-refractivity contribution is 0.162. The van der Waals surface area contributed by atoms with E-state index in [0.29, 0.717) is 12.8 Å². The molecule has 0 saturated heterocycles. The standard InChI is InChI=1S/C35H30N2O2/c1-3-11-23(12-4-1)21-35(22-24-13-5-2-6-14-24,33-36-31-27-17-9-7-15-25(27)19-29(31)38-33)34-37-32-28-18-10-8-16-26(28)20-30(32)39-34/h1-18,29-32H,19-22H2/t29-,30-,31+,32+/m0/s1. The fourth-order valence-electron chi connectivity index (χ4n) is 7.01. The second kappa shape index (κ2) is 8.94. The van der Waals surface area contributed by atoms with Gasteiger partial charge in [-0.15, -0.1) is 0 Å². The maximum absolute atomic E-state index is 6.87. The molecule has 2 heterocycles. The van der Waals surface area contributed by atoms with Gasteiger partial charge < -0.3 is 9.47 Å². The largest absolute Gasteiger partial charge is 0.474 e. The number of ether oxygens (including phenoxy) is 2. The molecule has 192 valence electrons. The van der Waals surface area contributed by atoms with Crippen LogP contribution in [0.25, 0.3) is 0 Å². The van der Waals surface area contributed by atoms with Crippen LogP contribution in [0.15, 0.2) is 119 Å². The molecule has 4 aliphatic rings. The van der Waals surface area contributed by atoms with E-state index in [9.17, 15) is 0 Å². The molecule has 0 unspecified atom stereocenters. The molecule has 0 aromatic heterocycles. The molecule has 39 heavy (non-hydrogen) atoms. The van der Waals surface area contributed by atoms with E-state index in [1.54, 1.807) is 0 Å². The topological polar surface area (TPSA) is 43.2 Å². The van der Waals surface area contributed by atoms with E-state index < -0.39 is 5.41 Å². The average molecular weight is 511 g/mol. The Bertz CT molecular complexity index is 1470. The number of rotatable bonds is 6. The molecule has 4 aromatic rings. The third kappa shape index (κ3) is 3.73. The van der Waals surface area contributed by atoms with Crippen LogP contribution in [0.5, 0.6) is 0 Å². The summed E-state index contributed by atoms with van der Waals surface area (Å²) in [5.74, 6) is 1.54. The van der Waals surface area contributed by atoms with Gasteiger partial charge in [-0.1, -0.05) is 109 Å². The normalized spacial score (nSPS) is 24.1. The molecular formula is C35H30N2O2. The monoisotopic (exact) mass is 510 g/mol. The van der Waals surface area contributed by atoms with Crippen LogP contribution < -0.4 is 0 Å².